The number of amides is 1. The fourth-order valence-corrected chi connectivity index (χ4v) is 5.37. The molecule has 1 unspecified atom stereocenters. The summed E-state index contributed by atoms with van der Waals surface area (Å²) in [6, 6.07) is 0. The van der Waals surface area contributed by atoms with Gasteiger partial charge in [0.25, 0.3) is 5.24 Å². The SMILES string of the molecule is CCCCCCC(CCCCC)OC(=O)CCCN(CCCCCCCC(=O)OCC)C(=O)SCCN(C)C. The molecule has 8 heteroatoms. The number of esters is 2. The molecular formula is C31H60N2O5S. The number of thioether (sulfide) groups is 1. The predicted octanol–water partition coefficient (Wildman–Crippen LogP) is 7.85. The topological polar surface area (TPSA) is 76.1 Å². The summed E-state index contributed by atoms with van der Waals surface area (Å²) in [6.45, 7) is 8.82. The summed E-state index contributed by atoms with van der Waals surface area (Å²) in [6.07, 6.45) is 16.5. The van der Waals surface area contributed by atoms with Crippen LogP contribution in [0.5, 0.6) is 0 Å². The molecule has 0 aliphatic carbocycles. The summed E-state index contributed by atoms with van der Waals surface area (Å²) >= 11 is 1.36. The maximum atomic E-state index is 12.9. The molecule has 0 N–H and O–H groups in total. The van der Waals surface area contributed by atoms with Gasteiger partial charge in [-0.15, -0.1) is 0 Å². The Balaban J connectivity index is 4.57. The number of ether oxygens (including phenoxy) is 2. The van der Waals surface area contributed by atoms with Crippen LogP contribution in [0.4, 0.5) is 4.79 Å². The lowest BCUT2D eigenvalue weighted by molar-refractivity contribution is -0.150. The molecule has 0 aromatic rings. The fraction of sp³-hybridized carbons (Fsp3) is 0.903. The van der Waals surface area contributed by atoms with Crippen molar-refractivity contribution in [3.8, 4) is 0 Å². The Morgan fingerprint density at radius 3 is 1.90 bits per heavy atom. The summed E-state index contributed by atoms with van der Waals surface area (Å²) in [7, 11) is 4.02. The number of rotatable bonds is 26. The van der Waals surface area contributed by atoms with Crippen LogP contribution >= 0.6 is 11.8 Å². The molecule has 1 atom stereocenters. The number of unbranched alkanes of at least 4 members (excludes halogenated alkanes) is 9. The van der Waals surface area contributed by atoms with Crippen LogP contribution in [0.3, 0.4) is 0 Å². The zero-order valence-electron chi connectivity index (χ0n) is 26.0. The summed E-state index contributed by atoms with van der Waals surface area (Å²) < 4.78 is 10.9. The Hall–Kier alpha value is -1.28. The first-order valence-corrected chi connectivity index (χ1v) is 16.7. The van der Waals surface area contributed by atoms with Crippen LogP contribution in [0, 0.1) is 0 Å². The van der Waals surface area contributed by atoms with Gasteiger partial charge in [0.1, 0.15) is 6.10 Å². The number of hydrogen-bond acceptors (Lipinski definition) is 7. The van der Waals surface area contributed by atoms with Gasteiger partial charge in [-0.2, -0.15) is 0 Å². The monoisotopic (exact) mass is 572 g/mol. The van der Waals surface area contributed by atoms with E-state index in [9.17, 15) is 14.4 Å². The van der Waals surface area contributed by atoms with Crippen molar-refractivity contribution >= 4 is 28.9 Å². The van der Waals surface area contributed by atoms with Crippen LogP contribution in [0.25, 0.3) is 0 Å². The zero-order valence-corrected chi connectivity index (χ0v) is 26.8. The van der Waals surface area contributed by atoms with E-state index in [4.69, 9.17) is 9.47 Å². The minimum absolute atomic E-state index is 0.0315. The number of carbonyl (C=O) groups excluding carboxylic acids is 3. The third kappa shape index (κ3) is 24.3. The lowest BCUT2D eigenvalue weighted by atomic mass is 10.0. The van der Waals surface area contributed by atoms with E-state index < -0.39 is 0 Å². The normalized spacial score (nSPS) is 11.9. The van der Waals surface area contributed by atoms with E-state index in [1.54, 1.807) is 0 Å². The second-order valence-corrected chi connectivity index (χ2v) is 11.8. The van der Waals surface area contributed by atoms with Gasteiger partial charge in [-0.1, -0.05) is 77.0 Å². The number of hydrogen-bond donors (Lipinski definition) is 0. The molecule has 0 aliphatic rings. The van der Waals surface area contributed by atoms with Crippen molar-refractivity contribution in [2.75, 3.05) is 46.1 Å². The zero-order chi connectivity index (χ0) is 29.1. The van der Waals surface area contributed by atoms with Crippen LogP contribution in [0.15, 0.2) is 0 Å². The number of carbonyl (C=O) groups is 3. The smallest absolute Gasteiger partial charge is 0.306 e. The van der Waals surface area contributed by atoms with Gasteiger partial charge in [-0.3, -0.25) is 14.4 Å². The molecule has 0 bridgehead atoms. The van der Waals surface area contributed by atoms with Gasteiger partial charge in [-0.25, -0.2) is 0 Å². The first-order valence-electron chi connectivity index (χ1n) is 15.7. The van der Waals surface area contributed by atoms with E-state index in [-0.39, 0.29) is 23.3 Å². The molecule has 0 fully saturated rings. The average molecular weight is 573 g/mol. The van der Waals surface area contributed by atoms with Crippen LogP contribution < -0.4 is 0 Å². The molecule has 0 aromatic heterocycles. The van der Waals surface area contributed by atoms with E-state index >= 15 is 0 Å². The molecule has 39 heavy (non-hydrogen) atoms. The fourth-order valence-electron chi connectivity index (χ4n) is 4.38. The second-order valence-electron chi connectivity index (χ2n) is 10.8. The standard InChI is InChI=1S/C31H60N2O5S/c1-6-9-11-16-21-28(20-15-10-7-2)38-30(35)23-19-25-33(31(36)39-27-26-32(4)5)24-18-14-12-13-17-22-29(34)37-8-3/h28H,6-27H2,1-5H3. The van der Waals surface area contributed by atoms with Crippen LogP contribution in [-0.4, -0.2) is 79.2 Å². The molecule has 0 aromatic carbocycles. The van der Waals surface area contributed by atoms with Gasteiger partial charge in [-0.05, 0) is 66.0 Å². The quantitative estimate of drug-likeness (QED) is 0.0771. The molecule has 230 valence electrons. The maximum Gasteiger partial charge on any atom is 0.306 e. The molecule has 0 saturated heterocycles. The Morgan fingerprint density at radius 1 is 0.667 bits per heavy atom. The minimum Gasteiger partial charge on any atom is -0.466 e. The second kappa shape index (κ2) is 26.9. The minimum atomic E-state index is -0.124. The molecule has 1 amide bonds. The van der Waals surface area contributed by atoms with Gasteiger partial charge in [0.05, 0.1) is 6.61 Å². The average Bonchev–Trinajstić information content (AvgIpc) is 2.89. The number of nitrogens with zero attached hydrogens (tertiary/aromatic N) is 2. The van der Waals surface area contributed by atoms with E-state index in [1.165, 1.54) is 43.9 Å². The Morgan fingerprint density at radius 2 is 1.23 bits per heavy atom. The third-order valence-electron chi connectivity index (χ3n) is 6.75. The van der Waals surface area contributed by atoms with Crippen molar-refractivity contribution in [1.29, 1.82) is 0 Å². The Kier molecular flexibility index (Phi) is 26.0. The highest BCUT2D eigenvalue weighted by Crippen LogP contribution is 2.17. The highest BCUT2D eigenvalue weighted by Gasteiger charge is 2.17. The third-order valence-corrected chi connectivity index (χ3v) is 7.64. The summed E-state index contributed by atoms with van der Waals surface area (Å²) in [5.41, 5.74) is 0. The lowest BCUT2D eigenvalue weighted by Gasteiger charge is -2.23. The van der Waals surface area contributed by atoms with E-state index in [0.717, 1.165) is 70.1 Å². The highest BCUT2D eigenvalue weighted by molar-refractivity contribution is 8.13. The van der Waals surface area contributed by atoms with Crippen LogP contribution in [-0.2, 0) is 19.1 Å². The van der Waals surface area contributed by atoms with Gasteiger partial charge >= 0.3 is 11.9 Å². The van der Waals surface area contributed by atoms with Gasteiger partial charge < -0.3 is 19.3 Å². The first kappa shape index (κ1) is 37.7. The predicted molar refractivity (Wildman–Crippen MR) is 164 cm³/mol. The van der Waals surface area contributed by atoms with Crippen LogP contribution in [0.1, 0.15) is 130 Å². The maximum absolute atomic E-state index is 12.9. The van der Waals surface area contributed by atoms with Crippen LogP contribution in [0.2, 0.25) is 0 Å². The van der Waals surface area contributed by atoms with Crippen molar-refractivity contribution in [3.05, 3.63) is 0 Å². The Labute approximate surface area is 244 Å². The van der Waals surface area contributed by atoms with Gasteiger partial charge in [0.15, 0.2) is 0 Å². The molecule has 0 radical (unpaired) electrons. The van der Waals surface area contributed by atoms with Crippen molar-refractivity contribution in [2.45, 2.75) is 136 Å². The van der Waals surface area contributed by atoms with Crippen molar-refractivity contribution in [1.82, 2.24) is 9.80 Å². The highest BCUT2D eigenvalue weighted by atomic mass is 32.2. The molecule has 7 nitrogen and oxygen atoms in total. The molecule has 0 heterocycles. The van der Waals surface area contributed by atoms with Crippen molar-refractivity contribution < 1.29 is 23.9 Å². The Bertz CT molecular complexity index is 618. The van der Waals surface area contributed by atoms with Crippen molar-refractivity contribution in [3.63, 3.8) is 0 Å². The van der Waals surface area contributed by atoms with E-state index in [1.807, 2.05) is 25.9 Å². The van der Waals surface area contributed by atoms with E-state index in [0.29, 0.717) is 39.0 Å². The van der Waals surface area contributed by atoms with Gasteiger partial charge in [0, 0.05) is 38.2 Å². The lowest BCUT2D eigenvalue weighted by Crippen LogP contribution is -2.31. The molecule has 0 rings (SSSR count). The summed E-state index contributed by atoms with van der Waals surface area (Å²) in [4.78, 5) is 41.0. The molecule has 0 saturated carbocycles. The molecule has 0 spiro atoms. The summed E-state index contributed by atoms with van der Waals surface area (Å²) in [5.74, 6) is 0.517. The van der Waals surface area contributed by atoms with Crippen molar-refractivity contribution in [2.24, 2.45) is 0 Å². The first-order chi connectivity index (χ1) is 18.8. The van der Waals surface area contributed by atoms with E-state index in [2.05, 4.69) is 18.7 Å². The molecule has 0 aliphatic heterocycles. The molecular weight excluding hydrogens is 512 g/mol. The summed E-state index contributed by atoms with van der Waals surface area (Å²) in [5, 5.41) is 0.0981. The largest absolute Gasteiger partial charge is 0.466 e. The van der Waals surface area contributed by atoms with Gasteiger partial charge in [0.2, 0.25) is 0 Å².